The zero-order chi connectivity index (χ0) is 11.5. The van der Waals surface area contributed by atoms with Gasteiger partial charge in [0.05, 0.1) is 6.07 Å². The van der Waals surface area contributed by atoms with Crippen molar-refractivity contribution < 1.29 is 4.79 Å². The van der Waals surface area contributed by atoms with Gasteiger partial charge in [-0.25, -0.2) is 0 Å². The van der Waals surface area contributed by atoms with E-state index in [2.05, 4.69) is 6.07 Å². The van der Waals surface area contributed by atoms with Crippen LogP contribution in [0.3, 0.4) is 0 Å². The number of hydrogen-bond donors (Lipinski definition) is 0. The van der Waals surface area contributed by atoms with Crippen LogP contribution >= 0.6 is 0 Å². The van der Waals surface area contributed by atoms with Crippen LogP contribution in [0.25, 0.3) is 0 Å². The van der Waals surface area contributed by atoms with Gasteiger partial charge in [0, 0.05) is 13.0 Å². The quantitative estimate of drug-likeness (QED) is 0.699. The molecule has 0 aliphatic heterocycles. The first-order valence-electron chi connectivity index (χ1n) is 5.72. The number of hydrogen-bond acceptors (Lipinski definition) is 2. The zero-order valence-corrected chi connectivity index (χ0v) is 9.92. The Balaban J connectivity index is 2.82. The van der Waals surface area contributed by atoms with Crippen molar-refractivity contribution in [2.45, 2.75) is 51.5 Å². The minimum atomic E-state index is -0.528. The molecule has 0 saturated heterocycles. The van der Waals surface area contributed by atoms with Gasteiger partial charge in [0.15, 0.2) is 0 Å². The number of nitrogens with zero attached hydrogens (tertiary/aromatic N) is 2. The van der Waals surface area contributed by atoms with Crippen molar-refractivity contribution in [1.29, 1.82) is 5.26 Å². The van der Waals surface area contributed by atoms with Gasteiger partial charge in [-0.15, -0.1) is 0 Å². The molecule has 3 nitrogen and oxygen atoms in total. The first-order valence-corrected chi connectivity index (χ1v) is 5.72. The molecule has 3 heteroatoms. The van der Waals surface area contributed by atoms with Gasteiger partial charge in [-0.1, -0.05) is 33.1 Å². The van der Waals surface area contributed by atoms with E-state index >= 15 is 0 Å². The highest BCUT2D eigenvalue weighted by molar-refractivity contribution is 5.79. The summed E-state index contributed by atoms with van der Waals surface area (Å²) in [4.78, 5) is 13.6. The molecule has 1 aliphatic rings. The van der Waals surface area contributed by atoms with E-state index in [0.717, 1.165) is 25.7 Å². The summed E-state index contributed by atoms with van der Waals surface area (Å²) in [6.45, 7) is 3.76. The van der Waals surface area contributed by atoms with Gasteiger partial charge in [-0.05, 0) is 12.8 Å². The van der Waals surface area contributed by atoms with Gasteiger partial charge < -0.3 is 4.90 Å². The van der Waals surface area contributed by atoms with Gasteiger partial charge in [0.1, 0.15) is 5.54 Å². The van der Waals surface area contributed by atoms with Crippen molar-refractivity contribution in [2.24, 2.45) is 5.92 Å². The maximum absolute atomic E-state index is 11.9. The van der Waals surface area contributed by atoms with E-state index in [-0.39, 0.29) is 11.8 Å². The Bertz CT molecular complexity index is 272. The molecule has 15 heavy (non-hydrogen) atoms. The van der Waals surface area contributed by atoms with Crippen LogP contribution in [0.15, 0.2) is 0 Å². The molecule has 0 aromatic heterocycles. The van der Waals surface area contributed by atoms with E-state index in [1.54, 1.807) is 11.9 Å². The second kappa shape index (κ2) is 4.65. The standard InChI is InChI=1S/C12H20N2O/c1-10(2)11(15)14(3)12(9-13)7-5-4-6-8-12/h10H,4-8H2,1-3H3. The van der Waals surface area contributed by atoms with Crippen LogP contribution in [-0.2, 0) is 4.79 Å². The minimum Gasteiger partial charge on any atom is -0.327 e. The van der Waals surface area contributed by atoms with Crippen LogP contribution in [-0.4, -0.2) is 23.4 Å². The van der Waals surface area contributed by atoms with Crippen LogP contribution in [0.1, 0.15) is 46.0 Å². The SMILES string of the molecule is CC(C)C(=O)N(C)C1(C#N)CCCCC1. The molecule has 0 atom stereocenters. The molecule has 1 aliphatic carbocycles. The summed E-state index contributed by atoms with van der Waals surface area (Å²) in [6, 6.07) is 2.36. The highest BCUT2D eigenvalue weighted by Gasteiger charge is 2.39. The van der Waals surface area contributed by atoms with Crippen molar-refractivity contribution in [1.82, 2.24) is 4.90 Å². The van der Waals surface area contributed by atoms with Crippen molar-refractivity contribution >= 4 is 5.91 Å². The lowest BCUT2D eigenvalue weighted by atomic mass is 9.81. The molecule has 1 amide bonds. The predicted octanol–water partition coefficient (Wildman–Crippen LogP) is 2.33. The molecule has 1 fully saturated rings. The zero-order valence-electron chi connectivity index (χ0n) is 9.92. The average Bonchev–Trinajstić information content (AvgIpc) is 2.27. The third-order valence-corrected chi connectivity index (χ3v) is 3.36. The Hall–Kier alpha value is -1.04. The van der Waals surface area contributed by atoms with Crippen molar-refractivity contribution in [3.63, 3.8) is 0 Å². The van der Waals surface area contributed by atoms with Crippen molar-refractivity contribution in [3.8, 4) is 6.07 Å². The normalized spacial score (nSPS) is 19.7. The number of amides is 1. The smallest absolute Gasteiger partial charge is 0.226 e. The second-order valence-corrected chi connectivity index (χ2v) is 4.76. The van der Waals surface area contributed by atoms with Gasteiger partial charge in [-0.3, -0.25) is 4.79 Å². The Morgan fingerprint density at radius 1 is 1.33 bits per heavy atom. The first kappa shape index (κ1) is 12.0. The van der Waals surface area contributed by atoms with Gasteiger partial charge >= 0.3 is 0 Å². The molecule has 1 saturated carbocycles. The van der Waals surface area contributed by atoms with Crippen LogP contribution in [0.2, 0.25) is 0 Å². The molecule has 0 unspecified atom stereocenters. The molecule has 0 spiro atoms. The lowest BCUT2D eigenvalue weighted by Crippen LogP contribution is -2.51. The number of carbonyl (C=O) groups is 1. The van der Waals surface area contributed by atoms with E-state index < -0.39 is 5.54 Å². The lowest BCUT2D eigenvalue weighted by molar-refractivity contribution is -0.138. The first-order chi connectivity index (χ1) is 7.03. The fraction of sp³-hybridized carbons (Fsp3) is 0.833. The third-order valence-electron chi connectivity index (χ3n) is 3.36. The number of rotatable bonds is 2. The lowest BCUT2D eigenvalue weighted by Gasteiger charge is -2.39. The number of nitriles is 1. The van der Waals surface area contributed by atoms with E-state index in [9.17, 15) is 10.1 Å². The van der Waals surface area contributed by atoms with E-state index in [1.807, 2.05) is 13.8 Å². The molecule has 0 aromatic carbocycles. The summed E-state index contributed by atoms with van der Waals surface area (Å²) in [5, 5.41) is 9.30. The van der Waals surface area contributed by atoms with Crippen LogP contribution < -0.4 is 0 Å². The maximum atomic E-state index is 11.9. The van der Waals surface area contributed by atoms with Gasteiger partial charge in [-0.2, -0.15) is 5.26 Å². The maximum Gasteiger partial charge on any atom is 0.226 e. The molecular formula is C12H20N2O. The van der Waals surface area contributed by atoms with E-state index in [1.165, 1.54) is 6.42 Å². The summed E-state index contributed by atoms with van der Waals surface area (Å²) in [5.74, 6) is 0.0561. The Morgan fingerprint density at radius 3 is 2.27 bits per heavy atom. The molecule has 0 aromatic rings. The summed E-state index contributed by atoms with van der Waals surface area (Å²) in [6.07, 6.45) is 4.97. The fourth-order valence-corrected chi connectivity index (χ4v) is 2.26. The minimum absolute atomic E-state index is 0.0258. The average molecular weight is 208 g/mol. The van der Waals surface area contributed by atoms with E-state index in [4.69, 9.17) is 0 Å². The summed E-state index contributed by atoms with van der Waals surface area (Å²) >= 11 is 0. The molecule has 0 heterocycles. The van der Waals surface area contributed by atoms with E-state index in [0.29, 0.717) is 0 Å². The summed E-state index contributed by atoms with van der Waals surface area (Å²) in [5.41, 5.74) is -0.528. The number of carbonyl (C=O) groups excluding carboxylic acids is 1. The van der Waals surface area contributed by atoms with Crippen LogP contribution in [0, 0.1) is 17.2 Å². The largest absolute Gasteiger partial charge is 0.327 e. The topological polar surface area (TPSA) is 44.1 Å². The Morgan fingerprint density at radius 2 is 1.87 bits per heavy atom. The Labute approximate surface area is 92.1 Å². The fourth-order valence-electron chi connectivity index (χ4n) is 2.26. The summed E-state index contributed by atoms with van der Waals surface area (Å²) < 4.78 is 0. The van der Waals surface area contributed by atoms with Crippen molar-refractivity contribution in [3.05, 3.63) is 0 Å². The molecule has 1 rings (SSSR count). The monoisotopic (exact) mass is 208 g/mol. The molecular weight excluding hydrogens is 188 g/mol. The van der Waals surface area contributed by atoms with Crippen LogP contribution in [0.5, 0.6) is 0 Å². The van der Waals surface area contributed by atoms with Crippen molar-refractivity contribution in [2.75, 3.05) is 7.05 Å². The highest BCUT2D eigenvalue weighted by atomic mass is 16.2. The van der Waals surface area contributed by atoms with Crippen LogP contribution in [0.4, 0.5) is 0 Å². The molecule has 0 bridgehead atoms. The molecule has 0 N–H and O–H groups in total. The molecule has 84 valence electrons. The van der Waals surface area contributed by atoms with Gasteiger partial charge in [0.2, 0.25) is 5.91 Å². The summed E-state index contributed by atoms with van der Waals surface area (Å²) in [7, 11) is 1.77. The highest BCUT2D eigenvalue weighted by Crippen LogP contribution is 2.33. The molecule has 0 radical (unpaired) electrons. The second-order valence-electron chi connectivity index (χ2n) is 4.76. The predicted molar refractivity (Wildman–Crippen MR) is 59.0 cm³/mol. The third kappa shape index (κ3) is 2.31. The van der Waals surface area contributed by atoms with Gasteiger partial charge in [0.25, 0.3) is 0 Å². The Kier molecular flexibility index (Phi) is 3.73.